The van der Waals surface area contributed by atoms with Gasteiger partial charge in [-0.2, -0.15) is 0 Å². The van der Waals surface area contributed by atoms with Crippen LogP contribution >= 0.6 is 7.26 Å². The minimum Gasteiger partial charge on any atom is -1.00 e. The Morgan fingerprint density at radius 1 is 0.282 bits per heavy atom. The van der Waals surface area contributed by atoms with Crippen LogP contribution in [0.25, 0.3) is 0 Å². The van der Waals surface area contributed by atoms with Gasteiger partial charge in [-0.25, -0.2) is 0 Å². The number of hydrogen-bond donors (Lipinski definition) is 0. The van der Waals surface area contributed by atoms with Crippen molar-refractivity contribution in [1.29, 1.82) is 0 Å². The van der Waals surface area contributed by atoms with E-state index in [-0.39, 0.29) is 4.70 Å². The molecule has 0 aromatic heterocycles. The third-order valence-electron chi connectivity index (χ3n) is 7.51. The maximum absolute atomic E-state index is 2.46. The molecule has 0 heterocycles. The Hall–Kier alpha value is -4.32. The Kier molecular flexibility index (Phi) is 7.82. The molecule has 0 N–H and O–H groups in total. The lowest BCUT2D eigenvalue weighted by atomic mass is 9.84. The molecule has 0 bridgehead atoms. The molecule has 0 amide bonds. The summed E-state index contributed by atoms with van der Waals surface area (Å²) in [6.45, 7) is 0. The molecule has 6 aromatic carbocycles. The van der Waals surface area contributed by atoms with Crippen molar-refractivity contribution in [1.82, 2.24) is 0 Å². The summed E-state index contributed by atoms with van der Waals surface area (Å²) in [5.41, 5.74) is 3.88. The number of benzene rings is 6. The van der Waals surface area contributed by atoms with Crippen molar-refractivity contribution in [2.45, 2.75) is 5.16 Å². The van der Waals surface area contributed by atoms with Crippen molar-refractivity contribution in [3.05, 3.63) is 199 Å². The van der Waals surface area contributed by atoms with E-state index in [1.807, 2.05) is 0 Å². The fourth-order valence-electron chi connectivity index (χ4n) is 6.10. The van der Waals surface area contributed by atoms with Crippen molar-refractivity contribution < 1.29 is 4.70 Å². The Morgan fingerprint density at radius 3 is 0.718 bits per heavy atom. The first-order chi connectivity index (χ1) is 18.9. The van der Waals surface area contributed by atoms with E-state index in [0.29, 0.717) is 0 Å². The molecule has 2 heteroatoms. The first-order valence-electron chi connectivity index (χ1n) is 13.1. The molecule has 0 aliphatic heterocycles. The summed E-state index contributed by atoms with van der Waals surface area (Å²) >= 11 is 0. The summed E-state index contributed by atoms with van der Waals surface area (Å²) in [6, 6.07) is 67.1. The van der Waals surface area contributed by atoms with Crippen LogP contribution in [0.2, 0.25) is 0 Å². The van der Waals surface area contributed by atoms with Crippen LogP contribution in [0.5, 0.6) is 0 Å². The largest absolute Gasteiger partial charge is 1.00 e. The monoisotopic (exact) mass is 524 g/mol. The minimum absolute atomic E-state index is 0. The molecule has 0 aliphatic carbocycles. The van der Waals surface area contributed by atoms with Crippen molar-refractivity contribution in [3.63, 3.8) is 0 Å². The Balaban J connectivity index is 0.00000308. The number of halogens is 1. The van der Waals surface area contributed by atoms with Gasteiger partial charge in [-0.1, -0.05) is 146 Å². The predicted octanol–water partition coefficient (Wildman–Crippen LogP) is 4.98. The molecular formula is C37H30FP. The highest BCUT2D eigenvalue weighted by Crippen LogP contribution is 2.74. The second-order valence-electron chi connectivity index (χ2n) is 9.49. The van der Waals surface area contributed by atoms with Crippen molar-refractivity contribution in [3.8, 4) is 0 Å². The zero-order valence-corrected chi connectivity index (χ0v) is 22.5. The molecular weight excluding hydrogens is 494 g/mol. The van der Waals surface area contributed by atoms with Gasteiger partial charge in [0, 0.05) is 16.7 Å². The van der Waals surface area contributed by atoms with E-state index in [1.54, 1.807) is 0 Å². The first-order valence-corrected chi connectivity index (χ1v) is 14.9. The van der Waals surface area contributed by atoms with Crippen molar-refractivity contribution in [2.75, 3.05) is 0 Å². The summed E-state index contributed by atoms with van der Waals surface area (Å²) in [5, 5.41) is 3.58. The minimum atomic E-state index is -2.46. The van der Waals surface area contributed by atoms with Gasteiger partial charge in [0.1, 0.15) is 23.2 Å². The zero-order valence-electron chi connectivity index (χ0n) is 21.6. The lowest BCUT2D eigenvalue weighted by Crippen LogP contribution is -3.00. The zero-order chi connectivity index (χ0) is 25.7. The van der Waals surface area contributed by atoms with Gasteiger partial charge in [0.15, 0.2) is 5.16 Å². The summed E-state index contributed by atoms with van der Waals surface area (Å²) in [5.74, 6) is 0. The van der Waals surface area contributed by atoms with Crippen LogP contribution in [-0.2, 0) is 5.16 Å². The van der Waals surface area contributed by atoms with E-state index in [0.717, 1.165) is 0 Å². The summed E-state index contributed by atoms with van der Waals surface area (Å²) in [6.07, 6.45) is 0. The fourth-order valence-corrected chi connectivity index (χ4v) is 11.6. The van der Waals surface area contributed by atoms with Crippen LogP contribution < -0.4 is 20.6 Å². The molecule has 6 aromatic rings. The summed E-state index contributed by atoms with van der Waals surface area (Å²) < 4.78 is 0. The smallest absolute Gasteiger partial charge is 0.168 e. The quantitative estimate of drug-likeness (QED) is 0.204. The molecule has 39 heavy (non-hydrogen) atoms. The molecule has 0 radical (unpaired) electrons. The Bertz CT molecular complexity index is 1250. The molecule has 0 saturated carbocycles. The molecule has 0 spiro atoms. The van der Waals surface area contributed by atoms with E-state index in [2.05, 4.69) is 182 Å². The average Bonchev–Trinajstić information content (AvgIpc) is 3.02. The first kappa shape index (κ1) is 26.3. The molecule has 190 valence electrons. The van der Waals surface area contributed by atoms with E-state index >= 15 is 0 Å². The van der Waals surface area contributed by atoms with Crippen LogP contribution in [-0.4, -0.2) is 0 Å². The van der Waals surface area contributed by atoms with Gasteiger partial charge in [0.25, 0.3) is 0 Å². The molecule has 0 aliphatic rings. The standard InChI is InChI=1S/C37H30P.FH/c1-7-19-31(20-8-1)37(32-21-9-2-10-22-32,33-23-11-3-12-24-33)38(34-25-13-4-14-26-34,35-27-15-5-16-28-35)36-29-17-6-18-30-36;/h1-30H;1H/q+1;/p-1. The van der Waals surface area contributed by atoms with Gasteiger partial charge in [0.05, 0.1) is 0 Å². The lowest BCUT2D eigenvalue weighted by Gasteiger charge is -2.46. The SMILES string of the molecule is [F-].c1ccc(C(c2ccccc2)(c2ccccc2)[P+](c2ccccc2)(c2ccccc2)c2ccccc2)cc1. The molecule has 0 unspecified atom stereocenters. The Morgan fingerprint density at radius 2 is 0.487 bits per heavy atom. The van der Waals surface area contributed by atoms with Gasteiger partial charge in [-0.05, 0) is 36.4 Å². The maximum atomic E-state index is 2.34. The van der Waals surface area contributed by atoms with Crippen molar-refractivity contribution >= 4 is 23.2 Å². The number of hydrogen-bond acceptors (Lipinski definition) is 0. The van der Waals surface area contributed by atoms with Gasteiger partial charge >= 0.3 is 0 Å². The van der Waals surface area contributed by atoms with Gasteiger partial charge in [-0.3, -0.25) is 0 Å². The molecule has 0 nitrogen and oxygen atoms in total. The highest BCUT2D eigenvalue weighted by atomic mass is 31.2. The van der Waals surface area contributed by atoms with Crippen molar-refractivity contribution in [2.24, 2.45) is 0 Å². The van der Waals surface area contributed by atoms with Gasteiger partial charge in [-0.15, -0.1) is 0 Å². The van der Waals surface area contributed by atoms with E-state index in [4.69, 9.17) is 0 Å². The molecule has 0 fully saturated rings. The van der Waals surface area contributed by atoms with E-state index in [1.165, 1.54) is 32.6 Å². The molecule has 0 atom stereocenters. The Labute approximate surface area is 231 Å². The maximum Gasteiger partial charge on any atom is 0.168 e. The second kappa shape index (κ2) is 11.6. The van der Waals surface area contributed by atoms with E-state index in [9.17, 15) is 0 Å². The topological polar surface area (TPSA) is 0 Å². The molecule has 6 rings (SSSR count). The average molecular weight is 525 g/mol. The fraction of sp³-hybridized carbons (Fsp3) is 0.0270. The third-order valence-corrected chi connectivity index (χ3v) is 12.5. The summed E-state index contributed by atoms with van der Waals surface area (Å²) in [4.78, 5) is 0. The normalized spacial score (nSPS) is 11.4. The highest BCUT2D eigenvalue weighted by molar-refractivity contribution is 7.97. The third kappa shape index (κ3) is 4.30. The van der Waals surface area contributed by atoms with Crippen LogP contribution in [0, 0.1) is 0 Å². The summed E-state index contributed by atoms with van der Waals surface area (Å²) in [7, 11) is -2.46. The predicted molar refractivity (Wildman–Crippen MR) is 164 cm³/mol. The number of rotatable bonds is 7. The van der Waals surface area contributed by atoms with Crippen LogP contribution in [0.3, 0.4) is 0 Å². The lowest BCUT2D eigenvalue weighted by molar-refractivity contribution is -0.00000722. The van der Waals surface area contributed by atoms with Crippen LogP contribution in [0.15, 0.2) is 182 Å². The van der Waals surface area contributed by atoms with Gasteiger partial charge in [0.2, 0.25) is 0 Å². The van der Waals surface area contributed by atoms with Crippen LogP contribution in [0.1, 0.15) is 16.7 Å². The molecule has 0 saturated heterocycles. The van der Waals surface area contributed by atoms with Crippen LogP contribution in [0.4, 0.5) is 0 Å². The second-order valence-corrected chi connectivity index (χ2v) is 13.0. The van der Waals surface area contributed by atoms with Gasteiger partial charge < -0.3 is 4.70 Å². The highest BCUT2D eigenvalue weighted by Gasteiger charge is 2.65. The van der Waals surface area contributed by atoms with E-state index < -0.39 is 12.4 Å².